The fraction of sp³-hybridized carbons (Fsp3) is 0.471. The predicted octanol–water partition coefficient (Wildman–Crippen LogP) is 2.73. The molecule has 1 atom stereocenters. The molecule has 2 N–H and O–H groups in total. The second-order valence-corrected chi connectivity index (χ2v) is 4.87. The summed E-state index contributed by atoms with van der Waals surface area (Å²) in [6.45, 7) is 4.23. The Kier molecular flexibility index (Phi) is 7.46. The molecule has 0 bridgehead atoms. The highest BCUT2D eigenvalue weighted by Gasteiger charge is 2.09. The fourth-order valence-corrected chi connectivity index (χ4v) is 1.85. The first-order chi connectivity index (χ1) is 9.67. The summed E-state index contributed by atoms with van der Waals surface area (Å²) in [5.41, 5.74) is 1.43. The van der Waals surface area contributed by atoms with Crippen LogP contribution in [0.3, 0.4) is 0 Å². The van der Waals surface area contributed by atoms with Gasteiger partial charge in [0.05, 0.1) is 6.61 Å². The Bertz CT molecular complexity index is 485. The Morgan fingerprint density at radius 2 is 2.25 bits per heavy atom. The highest BCUT2D eigenvalue weighted by molar-refractivity contribution is 5.94. The number of hydrogen-bond donors (Lipinski definition) is 2. The van der Waals surface area contributed by atoms with Gasteiger partial charge < -0.3 is 10.4 Å². The van der Waals surface area contributed by atoms with Crippen LogP contribution >= 0.6 is 0 Å². The van der Waals surface area contributed by atoms with E-state index in [0.29, 0.717) is 12.0 Å². The lowest BCUT2D eigenvalue weighted by Crippen LogP contribution is -2.32. The van der Waals surface area contributed by atoms with Crippen molar-refractivity contribution >= 4 is 5.91 Å². The van der Waals surface area contributed by atoms with Crippen LogP contribution < -0.4 is 5.32 Å². The van der Waals surface area contributed by atoms with Crippen LogP contribution in [0, 0.1) is 11.8 Å². The summed E-state index contributed by atoms with van der Waals surface area (Å²) in [5.74, 6) is 5.74. The quantitative estimate of drug-likeness (QED) is 0.783. The molecule has 1 rings (SSSR count). The zero-order valence-electron chi connectivity index (χ0n) is 12.3. The Morgan fingerprint density at radius 1 is 1.45 bits per heavy atom. The lowest BCUT2D eigenvalue weighted by Gasteiger charge is -2.13. The summed E-state index contributed by atoms with van der Waals surface area (Å²) in [6.07, 6.45) is 3.70. The van der Waals surface area contributed by atoms with E-state index >= 15 is 0 Å². The van der Waals surface area contributed by atoms with Crippen molar-refractivity contribution < 1.29 is 9.90 Å². The molecule has 0 aliphatic rings. The van der Waals surface area contributed by atoms with Crippen molar-refractivity contribution in [1.29, 1.82) is 0 Å². The van der Waals surface area contributed by atoms with Gasteiger partial charge >= 0.3 is 0 Å². The van der Waals surface area contributed by atoms with E-state index in [1.54, 1.807) is 12.1 Å². The minimum absolute atomic E-state index is 0.0561. The molecule has 0 radical (unpaired) electrons. The molecule has 1 aromatic carbocycles. The van der Waals surface area contributed by atoms with Gasteiger partial charge in [0.2, 0.25) is 0 Å². The van der Waals surface area contributed by atoms with E-state index in [2.05, 4.69) is 24.1 Å². The molecule has 0 spiro atoms. The summed E-state index contributed by atoms with van der Waals surface area (Å²) in [6, 6.07) is 7.45. The van der Waals surface area contributed by atoms with Crippen LogP contribution in [0.25, 0.3) is 0 Å². The third-order valence-corrected chi connectivity index (χ3v) is 2.96. The molecular weight excluding hydrogens is 250 g/mol. The van der Waals surface area contributed by atoms with Crippen LogP contribution in [-0.4, -0.2) is 23.7 Å². The van der Waals surface area contributed by atoms with Gasteiger partial charge in [-0.3, -0.25) is 4.79 Å². The monoisotopic (exact) mass is 273 g/mol. The number of nitrogens with one attached hydrogen (secondary N) is 1. The van der Waals surface area contributed by atoms with Crippen molar-refractivity contribution in [2.75, 3.05) is 6.61 Å². The molecule has 108 valence electrons. The molecule has 3 nitrogen and oxygen atoms in total. The summed E-state index contributed by atoms with van der Waals surface area (Å²) < 4.78 is 0. The number of amides is 1. The Labute approximate surface area is 121 Å². The van der Waals surface area contributed by atoms with Gasteiger partial charge in [0, 0.05) is 23.6 Å². The normalized spacial score (nSPS) is 11.3. The maximum atomic E-state index is 12.1. The van der Waals surface area contributed by atoms with E-state index in [1.165, 1.54) is 0 Å². The lowest BCUT2D eigenvalue weighted by atomic mass is 10.1. The van der Waals surface area contributed by atoms with Crippen molar-refractivity contribution in [3.8, 4) is 11.8 Å². The maximum Gasteiger partial charge on any atom is 0.251 e. The number of aliphatic hydroxyl groups is 1. The topological polar surface area (TPSA) is 49.3 Å². The summed E-state index contributed by atoms with van der Waals surface area (Å²) >= 11 is 0. The molecule has 0 aromatic heterocycles. The molecule has 3 heteroatoms. The van der Waals surface area contributed by atoms with E-state index in [0.717, 1.165) is 24.8 Å². The van der Waals surface area contributed by atoms with Crippen LogP contribution in [-0.2, 0) is 0 Å². The number of aliphatic hydroxyl groups excluding tert-OH is 1. The second-order valence-electron chi connectivity index (χ2n) is 4.87. The summed E-state index contributed by atoms with van der Waals surface area (Å²) in [4.78, 5) is 12.1. The number of benzene rings is 1. The number of rotatable bonds is 6. The van der Waals surface area contributed by atoms with Crippen LogP contribution in [0.15, 0.2) is 24.3 Å². The van der Waals surface area contributed by atoms with Crippen molar-refractivity contribution in [2.45, 2.75) is 45.6 Å². The van der Waals surface area contributed by atoms with E-state index in [9.17, 15) is 4.79 Å². The standard InChI is InChI=1S/C17H23NO2/c1-3-4-8-14(2)18-17(20)16-11-7-10-15(13-16)9-5-6-12-19/h7,10-11,13-14,19H,3-4,6,8,12H2,1-2H3,(H,18,20). The molecule has 1 amide bonds. The zero-order valence-corrected chi connectivity index (χ0v) is 12.3. The summed E-state index contributed by atoms with van der Waals surface area (Å²) in [7, 11) is 0. The van der Waals surface area contributed by atoms with Gasteiger partial charge in [-0.1, -0.05) is 37.7 Å². The van der Waals surface area contributed by atoms with Gasteiger partial charge in [0.25, 0.3) is 5.91 Å². The Balaban J connectivity index is 2.64. The van der Waals surface area contributed by atoms with Crippen molar-refractivity contribution in [3.63, 3.8) is 0 Å². The molecule has 0 aliphatic heterocycles. The van der Waals surface area contributed by atoms with E-state index < -0.39 is 0 Å². The van der Waals surface area contributed by atoms with E-state index in [-0.39, 0.29) is 18.6 Å². The number of hydrogen-bond acceptors (Lipinski definition) is 2. The fourth-order valence-electron chi connectivity index (χ4n) is 1.85. The van der Waals surface area contributed by atoms with E-state index in [1.807, 2.05) is 19.1 Å². The van der Waals surface area contributed by atoms with Gasteiger partial charge in [-0.2, -0.15) is 0 Å². The third-order valence-electron chi connectivity index (χ3n) is 2.96. The minimum atomic E-state index is -0.0561. The van der Waals surface area contributed by atoms with Gasteiger partial charge in [-0.25, -0.2) is 0 Å². The zero-order chi connectivity index (χ0) is 14.8. The van der Waals surface area contributed by atoms with Crippen molar-refractivity contribution in [3.05, 3.63) is 35.4 Å². The molecule has 0 saturated carbocycles. The van der Waals surface area contributed by atoms with Crippen LogP contribution in [0.1, 0.15) is 55.5 Å². The van der Waals surface area contributed by atoms with Crippen molar-refractivity contribution in [1.82, 2.24) is 5.32 Å². The Morgan fingerprint density at radius 3 is 2.95 bits per heavy atom. The molecule has 0 heterocycles. The third kappa shape index (κ3) is 5.90. The number of carbonyl (C=O) groups is 1. The van der Waals surface area contributed by atoms with Gasteiger partial charge in [-0.15, -0.1) is 0 Å². The molecule has 1 unspecified atom stereocenters. The largest absolute Gasteiger partial charge is 0.395 e. The minimum Gasteiger partial charge on any atom is -0.395 e. The first-order valence-corrected chi connectivity index (χ1v) is 7.18. The smallest absolute Gasteiger partial charge is 0.251 e. The first-order valence-electron chi connectivity index (χ1n) is 7.18. The lowest BCUT2D eigenvalue weighted by molar-refractivity contribution is 0.0938. The number of carbonyl (C=O) groups excluding carboxylic acids is 1. The SMILES string of the molecule is CCCCC(C)NC(=O)c1cccc(C#CCCO)c1. The van der Waals surface area contributed by atoms with Crippen LogP contribution in [0.4, 0.5) is 0 Å². The van der Waals surface area contributed by atoms with Gasteiger partial charge in [0.1, 0.15) is 0 Å². The highest BCUT2D eigenvalue weighted by Crippen LogP contribution is 2.06. The first kappa shape index (κ1) is 16.3. The number of unbranched alkanes of at least 4 members (excludes halogenated alkanes) is 1. The Hall–Kier alpha value is -1.79. The molecule has 0 aliphatic carbocycles. The van der Waals surface area contributed by atoms with Gasteiger partial charge in [-0.05, 0) is 31.5 Å². The second kappa shape index (κ2) is 9.17. The van der Waals surface area contributed by atoms with Gasteiger partial charge in [0.15, 0.2) is 0 Å². The molecule has 0 saturated heterocycles. The van der Waals surface area contributed by atoms with Crippen molar-refractivity contribution in [2.24, 2.45) is 0 Å². The highest BCUT2D eigenvalue weighted by atomic mass is 16.2. The maximum absolute atomic E-state index is 12.1. The van der Waals surface area contributed by atoms with Crippen LogP contribution in [0.5, 0.6) is 0 Å². The molecule has 1 aromatic rings. The average Bonchev–Trinajstić information content (AvgIpc) is 2.45. The molecular formula is C17H23NO2. The predicted molar refractivity (Wildman–Crippen MR) is 81.5 cm³/mol. The molecule has 0 fully saturated rings. The summed E-state index contributed by atoms with van der Waals surface area (Å²) in [5, 5.41) is 11.7. The average molecular weight is 273 g/mol. The molecule has 20 heavy (non-hydrogen) atoms. The van der Waals surface area contributed by atoms with E-state index in [4.69, 9.17) is 5.11 Å². The van der Waals surface area contributed by atoms with Crippen LogP contribution in [0.2, 0.25) is 0 Å².